The minimum absolute atomic E-state index is 0.00668. The average Bonchev–Trinajstić information content (AvgIpc) is 3.60. The van der Waals surface area contributed by atoms with Gasteiger partial charge in [0.2, 0.25) is 0 Å². The van der Waals surface area contributed by atoms with Crippen molar-refractivity contribution in [1.82, 2.24) is 9.55 Å². The zero-order chi connectivity index (χ0) is 22.7. The predicted molar refractivity (Wildman–Crippen MR) is 119 cm³/mol. The molecule has 32 heavy (non-hydrogen) atoms. The quantitative estimate of drug-likeness (QED) is 0.403. The van der Waals surface area contributed by atoms with E-state index in [1.165, 1.54) is 18.3 Å². The number of carbonyl (C=O) groups is 1. The van der Waals surface area contributed by atoms with Gasteiger partial charge in [0.1, 0.15) is 12.4 Å². The van der Waals surface area contributed by atoms with E-state index in [1.54, 1.807) is 30.5 Å². The lowest BCUT2D eigenvalue weighted by Gasteiger charge is -2.15. The van der Waals surface area contributed by atoms with Gasteiger partial charge in [-0.25, -0.2) is 8.78 Å². The summed E-state index contributed by atoms with van der Waals surface area (Å²) in [7, 11) is 0. The second-order valence-electron chi connectivity index (χ2n) is 7.88. The molecule has 2 aromatic heterocycles. The largest absolute Gasteiger partial charge is 0.373 e. The van der Waals surface area contributed by atoms with Crippen LogP contribution in [0.4, 0.5) is 8.78 Å². The Morgan fingerprint density at radius 3 is 2.72 bits per heavy atom. The smallest absolute Gasteiger partial charge is 0.287 e. The predicted octanol–water partition coefficient (Wildman–Crippen LogP) is 4.53. The highest BCUT2D eigenvalue weighted by molar-refractivity contribution is 9.10. The van der Waals surface area contributed by atoms with E-state index in [0.29, 0.717) is 22.7 Å². The van der Waals surface area contributed by atoms with Gasteiger partial charge in [-0.1, -0.05) is 28.1 Å². The number of halogens is 3. The van der Waals surface area contributed by atoms with Crippen molar-refractivity contribution >= 4 is 21.7 Å². The number of pyridine rings is 2. The molecule has 1 aromatic carbocycles. The summed E-state index contributed by atoms with van der Waals surface area (Å²) in [6, 6.07) is 9.57. The number of ketones is 1. The van der Waals surface area contributed by atoms with Crippen LogP contribution in [0.2, 0.25) is 0 Å². The van der Waals surface area contributed by atoms with Crippen LogP contribution in [0.1, 0.15) is 40.0 Å². The summed E-state index contributed by atoms with van der Waals surface area (Å²) in [5.74, 6) is -1.61. The molecular formula is C24H21BrF2N2O3. The van der Waals surface area contributed by atoms with Gasteiger partial charge in [0.25, 0.3) is 5.56 Å². The minimum Gasteiger partial charge on any atom is -0.373 e. The molecule has 0 radical (unpaired) electrons. The van der Waals surface area contributed by atoms with E-state index in [2.05, 4.69) is 20.9 Å². The molecule has 5 nitrogen and oxygen atoms in total. The number of aromatic nitrogens is 2. The fourth-order valence-electron chi connectivity index (χ4n) is 3.40. The Labute approximate surface area is 192 Å². The van der Waals surface area contributed by atoms with Gasteiger partial charge in [-0.2, -0.15) is 0 Å². The SMILES string of the molecule is O=C(COCC1CC1)c1cn(Cc2ccccn2)c(=O)c(F)c1Cc1ccc(Br)cc1F. The van der Waals surface area contributed by atoms with E-state index < -0.39 is 23.0 Å². The van der Waals surface area contributed by atoms with E-state index in [9.17, 15) is 14.0 Å². The van der Waals surface area contributed by atoms with Crippen LogP contribution in [0.3, 0.4) is 0 Å². The molecule has 0 saturated heterocycles. The Balaban J connectivity index is 1.70. The van der Waals surface area contributed by atoms with Crippen LogP contribution >= 0.6 is 15.9 Å². The Hall–Kier alpha value is -2.71. The van der Waals surface area contributed by atoms with E-state index in [1.807, 2.05) is 0 Å². The second kappa shape index (κ2) is 9.83. The third-order valence-electron chi connectivity index (χ3n) is 5.35. The Kier molecular flexibility index (Phi) is 6.91. The molecule has 4 rings (SSSR count). The number of carbonyl (C=O) groups excluding carboxylic acids is 1. The molecule has 0 N–H and O–H groups in total. The average molecular weight is 503 g/mol. The van der Waals surface area contributed by atoms with Gasteiger partial charge in [-0.15, -0.1) is 0 Å². The fourth-order valence-corrected chi connectivity index (χ4v) is 3.73. The van der Waals surface area contributed by atoms with Crippen molar-refractivity contribution < 1.29 is 18.3 Å². The molecular weight excluding hydrogens is 482 g/mol. The van der Waals surface area contributed by atoms with Crippen molar-refractivity contribution in [1.29, 1.82) is 0 Å². The van der Waals surface area contributed by atoms with Crippen molar-refractivity contribution in [2.75, 3.05) is 13.2 Å². The molecule has 0 bridgehead atoms. The van der Waals surface area contributed by atoms with Crippen molar-refractivity contribution in [3.63, 3.8) is 0 Å². The molecule has 0 amide bonds. The standard InChI is InChI=1S/C24H21BrF2N2O3/c25-17-7-6-16(21(26)10-17)9-19-20(22(30)14-32-13-15-4-5-15)12-29(24(31)23(19)27)11-18-3-1-2-8-28-18/h1-3,6-8,10,12,15H,4-5,9,11,13-14H2. The van der Waals surface area contributed by atoms with E-state index >= 15 is 4.39 Å². The molecule has 1 aliphatic carbocycles. The van der Waals surface area contributed by atoms with Crippen molar-refractivity contribution in [3.8, 4) is 0 Å². The molecule has 0 spiro atoms. The topological polar surface area (TPSA) is 61.2 Å². The number of rotatable bonds is 9. The summed E-state index contributed by atoms with van der Waals surface area (Å²) in [5, 5.41) is 0. The maximum Gasteiger partial charge on any atom is 0.287 e. The Bertz CT molecular complexity index is 1190. The number of hydrogen-bond acceptors (Lipinski definition) is 4. The van der Waals surface area contributed by atoms with Crippen LogP contribution in [0.25, 0.3) is 0 Å². The van der Waals surface area contributed by atoms with Gasteiger partial charge in [-0.3, -0.25) is 14.6 Å². The normalized spacial score (nSPS) is 13.3. The Morgan fingerprint density at radius 2 is 2.03 bits per heavy atom. The lowest BCUT2D eigenvalue weighted by Crippen LogP contribution is -2.29. The highest BCUT2D eigenvalue weighted by Gasteiger charge is 2.24. The van der Waals surface area contributed by atoms with Gasteiger partial charge < -0.3 is 9.30 Å². The highest BCUT2D eigenvalue weighted by atomic mass is 79.9. The fraction of sp³-hybridized carbons (Fsp3) is 0.292. The van der Waals surface area contributed by atoms with Crippen LogP contribution in [0, 0.1) is 17.6 Å². The molecule has 2 heterocycles. The molecule has 1 saturated carbocycles. The first-order valence-electron chi connectivity index (χ1n) is 10.3. The van der Waals surface area contributed by atoms with Gasteiger partial charge in [-0.05, 0) is 48.6 Å². The van der Waals surface area contributed by atoms with Gasteiger partial charge in [0, 0.05) is 34.4 Å². The zero-order valence-corrected chi connectivity index (χ0v) is 18.8. The lowest BCUT2D eigenvalue weighted by molar-refractivity contribution is 0.0737. The summed E-state index contributed by atoms with van der Waals surface area (Å²) in [4.78, 5) is 29.8. The van der Waals surface area contributed by atoms with Crippen LogP contribution in [-0.4, -0.2) is 28.5 Å². The first-order chi connectivity index (χ1) is 15.4. The Morgan fingerprint density at radius 1 is 1.22 bits per heavy atom. The van der Waals surface area contributed by atoms with Gasteiger partial charge in [0.15, 0.2) is 11.6 Å². The van der Waals surface area contributed by atoms with Crippen LogP contribution in [0.5, 0.6) is 0 Å². The number of benzene rings is 1. The van der Waals surface area contributed by atoms with Crippen LogP contribution in [-0.2, 0) is 17.7 Å². The van der Waals surface area contributed by atoms with Crippen molar-refractivity contribution in [3.05, 3.63) is 97.6 Å². The molecule has 166 valence electrons. The maximum absolute atomic E-state index is 15.3. The van der Waals surface area contributed by atoms with Gasteiger partial charge >= 0.3 is 0 Å². The summed E-state index contributed by atoms with van der Waals surface area (Å²) >= 11 is 3.19. The van der Waals surface area contributed by atoms with E-state index in [0.717, 1.165) is 17.4 Å². The molecule has 0 atom stereocenters. The molecule has 0 unspecified atom stereocenters. The molecule has 1 aliphatic rings. The third-order valence-corrected chi connectivity index (χ3v) is 5.84. The minimum atomic E-state index is -1.07. The van der Waals surface area contributed by atoms with Crippen LogP contribution in [0.15, 0.2) is 58.1 Å². The zero-order valence-electron chi connectivity index (χ0n) is 17.2. The summed E-state index contributed by atoms with van der Waals surface area (Å²) in [6.45, 7) is 0.249. The van der Waals surface area contributed by atoms with Crippen molar-refractivity contribution in [2.24, 2.45) is 5.92 Å². The lowest BCUT2D eigenvalue weighted by atomic mass is 9.98. The second-order valence-corrected chi connectivity index (χ2v) is 8.80. The molecule has 3 aromatic rings. The number of hydrogen-bond donors (Lipinski definition) is 0. The number of Topliss-reactive ketones (excluding diaryl/α,β-unsaturated/α-hetero) is 1. The van der Waals surface area contributed by atoms with E-state index in [-0.39, 0.29) is 36.3 Å². The summed E-state index contributed by atoms with van der Waals surface area (Å²) in [5.41, 5.74) is -0.283. The number of nitrogens with zero attached hydrogens (tertiary/aromatic N) is 2. The highest BCUT2D eigenvalue weighted by Crippen LogP contribution is 2.29. The summed E-state index contributed by atoms with van der Waals surface area (Å²) < 4.78 is 36.8. The van der Waals surface area contributed by atoms with E-state index in [4.69, 9.17) is 4.74 Å². The van der Waals surface area contributed by atoms with Crippen molar-refractivity contribution in [2.45, 2.75) is 25.8 Å². The molecule has 8 heteroatoms. The summed E-state index contributed by atoms with van der Waals surface area (Å²) in [6.07, 6.45) is 4.82. The first kappa shape index (κ1) is 22.5. The third kappa shape index (κ3) is 5.37. The van der Waals surface area contributed by atoms with Crippen LogP contribution < -0.4 is 5.56 Å². The first-order valence-corrected chi connectivity index (χ1v) is 11.1. The monoisotopic (exact) mass is 502 g/mol. The molecule has 1 fully saturated rings. The number of ether oxygens (including phenoxy) is 1. The van der Waals surface area contributed by atoms with Gasteiger partial charge in [0.05, 0.1) is 18.8 Å². The molecule has 0 aliphatic heterocycles. The maximum atomic E-state index is 15.3.